The van der Waals surface area contributed by atoms with Gasteiger partial charge >= 0.3 is 5.97 Å². The number of ether oxygens (including phenoxy) is 1. The van der Waals surface area contributed by atoms with Crippen LogP contribution in [0, 0.1) is 18.8 Å². The summed E-state index contributed by atoms with van der Waals surface area (Å²) >= 11 is 3.36. The maximum atomic E-state index is 12.0. The molecule has 1 aromatic carbocycles. The minimum Gasteiger partial charge on any atom is -0.455 e. The molecule has 1 aliphatic rings. The zero-order chi connectivity index (χ0) is 17.9. The lowest BCUT2D eigenvalue weighted by atomic mass is 10.2. The smallest absolute Gasteiger partial charge is 0.309 e. The van der Waals surface area contributed by atoms with Crippen LogP contribution in [0.5, 0.6) is 0 Å². The van der Waals surface area contributed by atoms with Crippen molar-refractivity contribution in [3.8, 4) is 0 Å². The molecule has 1 N–H and O–H groups in total. The third-order valence-corrected chi connectivity index (χ3v) is 4.51. The van der Waals surface area contributed by atoms with Crippen LogP contribution in [0.4, 0.5) is 5.69 Å². The van der Waals surface area contributed by atoms with E-state index in [2.05, 4.69) is 21.2 Å². The number of esters is 1. The number of anilines is 1. The van der Waals surface area contributed by atoms with Gasteiger partial charge in [-0.1, -0.05) is 22.9 Å². The summed E-state index contributed by atoms with van der Waals surface area (Å²) in [6.45, 7) is 3.41. The maximum Gasteiger partial charge on any atom is 0.309 e. The van der Waals surface area contributed by atoms with E-state index in [1.165, 1.54) is 11.9 Å². The fraction of sp³-hybridized carbons (Fsp3) is 0.471. The molecule has 0 unspecified atom stereocenters. The topological polar surface area (TPSA) is 75.7 Å². The van der Waals surface area contributed by atoms with Crippen LogP contribution in [0.3, 0.4) is 0 Å². The van der Waals surface area contributed by atoms with E-state index in [1.807, 2.05) is 26.0 Å². The molecule has 0 radical (unpaired) electrons. The Balaban J connectivity index is 1.77. The second-order valence-corrected chi connectivity index (χ2v) is 7.10. The van der Waals surface area contributed by atoms with Crippen molar-refractivity contribution >= 4 is 39.4 Å². The van der Waals surface area contributed by atoms with Crippen molar-refractivity contribution < 1.29 is 19.1 Å². The molecule has 2 rings (SSSR count). The zero-order valence-electron chi connectivity index (χ0n) is 14.0. The molecule has 1 fully saturated rings. The summed E-state index contributed by atoms with van der Waals surface area (Å²) in [5.74, 6) is -0.783. The second kappa shape index (κ2) is 7.79. The van der Waals surface area contributed by atoms with Crippen LogP contribution < -0.4 is 5.32 Å². The fourth-order valence-electron chi connectivity index (χ4n) is 2.26. The van der Waals surface area contributed by atoms with Crippen molar-refractivity contribution in [1.82, 2.24) is 4.90 Å². The summed E-state index contributed by atoms with van der Waals surface area (Å²) in [4.78, 5) is 36.8. The SMILES string of the molecule is Cc1cc(Br)ccc1NC(=O)CN(C)C(=O)COC(=O)[C@H]1C[C@H]1C. The van der Waals surface area contributed by atoms with Crippen molar-refractivity contribution in [2.75, 3.05) is 25.5 Å². The lowest BCUT2D eigenvalue weighted by Crippen LogP contribution is -2.37. The molecule has 2 atom stereocenters. The van der Waals surface area contributed by atoms with Gasteiger partial charge in [0.1, 0.15) is 0 Å². The van der Waals surface area contributed by atoms with Crippen molar-refractivity contribution in [1.29, 1.82) is 0 Å². The van der Waals surface area contributed by atoms with Gasteiger partial charge in [-0.15, -0.1) is 0 Å². The largest absolute Gasteiger partial charge is 0.455 e. The monoisotopic (exact) mass is 396 g/mol. The number of likely N-dealkylation sites (N-methyl/N-ethyl adjacent to an activating group) is 1. The van der Waals surface area contributed by atoms with E-state index in [0.29, 0.717) is 11.6 Å². The molecular formula is C17H21BrN2O4. The van der Waals surface area contributed by atoms with Crippen LogP contribution in [-0.2, 0) is 19.1 Å². The van der Waals surface area contributed by atoms with E-state index in [-0.39, 0.29) is 30.9 Å². The molecule has 0 saturated heterocycles. The molecule has 1 saturated carbocycles. The first-order chi connectivity index (χ1) is 11.3. The molecule has 1 aliphatic carbocycles. The van der Waals surface area contributed by atoms with Crippen LogP contribution in [0.1, 0.15) is 18.9 Å². The van der Waals surface area contributed by atoms with Gasteiger partial charge in [-0.05, 0) is 43.0 Å². The third-order valence-electron chi connectivity index (χ3n) is 4.02. The number of aryl methyl sites for hydroxylation is 1. The number of halogens is 1. The quantitative estimate of drug-likeness (QED) is 0.748. The lowest BCUT2D eigenvalue weighted by Gasteiger charge is -2.17. The van der Waals surface area contributed by atoms with Crippen LogP contribution in [0.25, 0.3) is 0 Å². The summed E-state index contributed by atoms with van der Waals surface area (Å²) in [5, 5.41) is 2.76. The predicted molar refractivity (Wildman–Crippen MR) is 93.4 cm³/mol. The Morgan fingerprint density at radius 3 is 2.62 bits per heavy atom. The lowest BCUT2D eigenvalue weighted by molar-refractivity contribution is -0.153. The highest BCUT2D eigenvalue weighted by Crippen LogP contribution is 2.38. The van der Waals surface area contributed by atoms with Crippen LogP contribution in [0.15, 0.2) is 22.7 Å². The molecule has 0 heterocycles. The van der Waals surface area contributed by atoms with Gasteiger partial charge in [0, 0.05) is 17.2 Å². The molecule has 7 heteroatoms. The van der Waals surface area contributed by atoms with Gasteiger partial charge in [-0.25, -0.2) is 0 Å². The minimum atomic E-state index is -0.403. The molecular weight excluding hydrogens is 376 g/mol. The summed E-state index contributed by atoms with van der Waals surface area (Å²) < 4.78 is 5.91. The maximum absolute atomic E-state index is 12.0. The molecule has 6 nitrogen and oxygen atoms in total. The first kappa shape index (κ1) is 18.4. The van der Waals surface area contributed by atoms with Gasteiger partial charge in [-0.3, -0.25) is 14.4 Å². The van der Waals surface area contributed by atoms with Gasteiger partial charge in [0.25, 0.3) is 5.91 Å². The Hall–Kier alpha value is -1.89. The van der Waals surface area contributed by atoms with E-state index in [0.717, 1.165) is 16.5 Å². The van der Waals surface area contributed by atoms with Crippen molar-refractivity contribution in [2.45, 2.75) is 20.3 Å². The predicted octanol–water partition coefficient (Wildman–Crippen LogP) is 2.35. The van der Waals surface area contributed by atoms with Crippen LogP contribution >= 0.6 is 15.9 Å². The summed E-state index contributed by atoms with van der Waals surface area (Å²) in [7, 11) is 1.50. The first-order valence-electron chi connectivity index (χ1n) is 7.74. The third kappa shape index (κ3) is 5.06. The minimum absolute atomic E-state index is 0.0771. The number of nitrogens with one attached hydrogen (secondary N) is 1. The number of rotatable bonds is 6. The molecule has 0 bridgehead atoms. The molecule has 0 spiro atoms. The molecule has 2 amide bonds. The highest BCUT2D eigenvalue weighted by molar-refractivity contribution is 9.10. The Morgan fingerprint density at radius 1 is 1.38 bits per heavy atom. The highest BCUT2D eigenvalue weighted by atomic mass is 79.9. The van der Waals surface area contributed by atoms with Crippen molar-refractivity contribution in [2.24, 2.45) is 11.8 Å². The number of hydrogen-bond donors (Lipinski definition) is 1. The van der Waals surface area contributed by atoms with E-state index in [1.54, 1.807) is 6.07 Å². The number of nitrogens with zero attached hydrogens (tertiary/aromatic N) is 1. The number of carbonyl (C=O) groups is 3. The molecule has 24 heavy (non-hydrogen) atoms. The van der Waals surface area contributed by atoms with Crippen molar-refractivity contribution in [3.05, 3.63) is 28.2 Å². The molecule has 130 valence electrons. The Labute approximate surface area is 149 Å². The van der Waals surface area contributed by atoms with Gasteiger partial charge in [0.2, 0.25) is 5.91 Å². The van der Waals surface area contributed by atoms with Gasteiger partial charge < -0.3 is 15.0 Å². The van der Waals surface area contributed by atoms with Crippen LogP contribution in [-0.4, -0.2) is 42.9 Å². The number of hydrogen-bond acceptors (Lipinski definition) is 4. The number of carbonyl (C=O) groups excluding carboxylic acids is 3. The van der Waals surface area contributed by atoms with E-state index < -0.39 is 5.91 Å². The normalized spacial score (nSPS) is 18.7. The number of amides is 2. The average molecular weight is 397 g/mol. The number of benzene rings is 1. The van der Waals surface area contributed by atoms with E-state index in [4.69, 9.17) is 4.74 Å². The zero-order valence-corrected chi connectivity index (χ0v) is 15.6. The average Bonchev–Trinajstić information content (AvgIpc) is 3.24. The fourth-order valence-corrected chi connectivity index (χ4v) is 2.74. The standard InChI is InChI=1S/C17H21BrN2O4/c1-10-7-13(10)17(23)24-9-16(22)20(3)8-15(21)19-14-5-4-12(18)6-11(14)2/h4-6,10,13H,7-9H2,1-3H3,(H,19,21)/t10-,13+/m1/s1. The van der Waals surface area contributed by atoms with Crippen LogP contribution in [0.2, 0.25) is 0 Å². The van der Waals surface area contributed by atoms with E-state index >= 15 is 0 Å². The molecule has 0 aliphatic heterocycles. The van der Waals surface area contributed by atoms with Gasteiger partial charge in [0.15, 0.2) is 6.61 Å². The molecule has 0 aromatic heterocycles. The Morgan fingerprint density at radius 2 is 2.04 bits per heavy atom. The Kier molecular flexibility index (Phi) is 5.99. The Bertz CT molecular complexity index is 662. The van der Waals surface area contributed by atoms with Gasteiger partial charge in [0.05, 0.1) is 12.5 Å². The highest BCUT2D eigenvalue weighted by Gasteiger charge is 2.40. The molecule has 1 aromatic rings. The summed E-state index contributed by atoms with van der Waals surface area (Å²) in [5.41, 5.74) is 1.61. The summed E-state index contributed by atoms with van der Waals surface area (Å²) in [6.07, 6.45) is 0.817. The summed E-state index contributed by atoms with van der Waals surface area (Å²) in [6, 6.07) is 5.51. The van der Waals surface area contributed by atoms with Gasteiger partial charge in [-0.2, -0.15) is 0 Å². The second-order valence-electron chi connectivity index (χ2n) is 6.18. The van der Waals surface area contributed by atoms with Crippen molar-refractivity contribution in [3.63, 3.8) is 0 Å². The van der Waals surface area contributed by atoms with E-state index in [9.17, 15) is 14.4 Å². The first-order valence-corrected chi connectivity index (χ1v) is 8.54.